The van der Waals surface area contributed by atoms with Gasteiger partial charge in [0.15, 0.2) is 0 Å². The monoisotopic (exact) mass is 607 g/mol. The Balaban J connectivity index is 0.00000507. The molecular formula is C34H52Cl3N3. The highest BCUT2D eigenvalue weighted by atomic mass is 35.5. The zero-order valence-corrected chi connectivity index (χ0v) is 28.5. The average Bonchev–Trinajstić information content (AvgIpc) is 2.91. The van der Waals surface area contributed by atoms with E-state index in [0.29, 0.717) is 0 Å². The number of hydrogen-bond acceptors (Lipinski definition) is 3. The van der Waals surface area contributed by atoms with Gasteiger partial charge in [0, 0.05) is 62.2 Å². The van der Waals surface area contributed by atoms with Crippen LogP contribution in [0.25, 0.3) is 0 Å². The first-order valence-electron chi connectivity index (χ1n) is 14.4. The van der Waals surface area contributed by atoms with Gasteiger partial charge >= 0.3 is 0 Å². The van der Waals surface area contributed by atoms with Gasteiger partial charge in [-0.05, 0) is 132 Å². The van der Waals surface area contributed by atoms with Crippen molar-refractivity contribution in [1.29, 1.82) is 0 Å². The van der Waals surface area contributed by atoms with Crippen molar-refractivity contribution in [2.45, 2.75) is 68.2 Å². The summed E-state index contributed by atoms with van der Waals surface area (Å²) in [5.41, 5.74) is 12.2. The van der Waals surface area contributed by atoms with Gasteiger partial charge in [0.05, 0.1) is 0 Å². The van der Waals surface area contributed by atoms with Gasteiger partial charge in [-0.15, -0.1) is 37.2 Å². The summed E-state index contributed by atoms with van der Waals surface area (Å²) in [7, 11) is 0. The fourth-order valence-electron chi connectivity index (χ4n) is 5.68. The molecule has 3 aromatic carbocycles. The van der Waals surface area contributed by atoms with Crippen molar-refractivity contribution in [3.05, 3.63) is 88.0 Å². The Hall–Kier alpha value is -2.07. The van der Waals surface area contributed by atoms with Gasteiger partial charge in [-0.1, -0.05) is 18.2 Å². The van der Waals surface area contributed by atoms with Crippen LogP contribution in [0.2, 0.25) is 0 Å². The maximum atomic E-state index is 2.46. The molecule has 6 heteroatoms. The normalized spacial score (nSPS) is 10.3. The largest absolute Gasteiger partial charge is 0.372 e. The molecule has 0 aliphatic heterocycles. The highest BCUT2D eigenvalue weighted by molar-refractivity contribution is 5.86. The number of anilines is 3. The summed E-state index contributed by atoms with van der Waals surface area (Å²) >= 11 is 0. The Morgan fingerprint density at radius 3 is 0.850 bits per heavy atom. The molecular weight excluding hydrogens is 557 g/mol. The van der Waals surface area contributed by atoms with E-state index in [1.165, 1.54) is 50.4 Å². The summed E-state index contributed by atoms with van der Waals surface area (Å²) in [6.07, 6.45) is 0. The average molecular weight is 609 g/mol. The molecule has 0 aliphatic carbocycles. The van der Waals surface area contributed by atoms with E-state index in [2.05, 4.69) is 132 Å². The van der Waals surface area contributed by atoms with E-state index in [4.69, 9.17) is 0 Å². The summed E-state index contributed by atoms with van der Waals surface area (Å²) in [6, 6.07) is 21.2. The molecule has 0 fully saturated rings. The number of rotatable bonds is 12. The minimum Gasteiger partial charge on any atom is -0.372 e. The highest BCUT2D eigenvalue weighted by Gasteiger charge is 2.25. The smallest absolute Gasteiger partial charge is 0.0369 e. The molecule has 40 heavy (non-hydrogen) atoms. The fourth-order valence-corrected chi connectivity index (χ4v) is 5.68. The lowest BCUT2D eigenvalue weighted by molar-refractivity contribution is 0.849. The molecule has 3 nitrogen and oxygen atoms in total. The molecule has 0 heterocycles. The van der Waals surface area contributed by atoms with Gasteiger partial charge in [0.25, 0.3) is 0 Å². The van der Waals surface area contributed by atoms with Crippen LogP contribution in [-0.2, 0) is 0 Å². The second-order valence-corrected chi connectivity index (χ2v) is 10.1. The number of benzene rings is 3. The van der Waals surface area contributed by atoms with E-state index in [9.17, 15) is 0 Å². The van der Waals surface area contributed by atoms with Crippen LogP contribution in [0.5, 0.6) is 0 Å². The summed E-state index contributed by atoms with van der Waals surface area (Å²) in [6.45, 7) is 26.4. The van der Waals surface area contributed by atoms with Crippen LogP contribution in [0.15, 0.2) is 54.6 Å². The molecule has 0 aliphatic rings. The molecule has 0 bridgehead atoms. The second-order valence-electron chi connectivity index (χ2n) is 10.1. The van der Waals surface area contributed by atoms with Crippen LogP contribution in [0, 0.1) is 20.8 Å². The summed E-state index contributed by atoms with van der Waals surface area (Å²) in [5.74, 6) is 0.168. The number of nitrogens with zero attached hydrogens (tertiary/aromatic N) is 3. The SMILES string of the molecule is CCN(CC)c1ccc(C)c(C(c2cc(N(CC)CC)ccc2C)c2cc(N(CC)CC)ccc2C)c1.Cl.Cl.Cl. The minimum atomic E-state index is 0. The van der Waals surface area contributed by atoms with Crippen molar-refractivity contribution in [3.63, 3.8) is 0 Å². The van der Waals surface area contributed by atoms with Crippen molar-refractivity contribution in [2.75, 3.05) is 54.0 Å². The lowest BCUT2D eigenvalue weighted by Crippen LogP contribution is -2.23. The molecule has 0 saturated heterocycles. The molecule has 0 N–H and O–H groups in total. The molecule has 0 radical (unpaired) electrons. The standard InChI is InChI=1S/C34H49N3.3ClH/c1-10-35(11-2)28-19-16-25(7)31(22-28)34(32-23-29(20-17-26(32)8)36(12-3)13-4)33-24-30(21-18-27(33)9)37(14-5)15-6;;;/h16-24,34H,10-15H2,1-9H3;3*1H. The molecule has 3 aromatic rings. The van der Waals surface area contributed by atoms with Crippen LogP contribution in [0.1, 0.15) is 80.8 Å². The predicted octanol–water partition coefficient (Wildman–Crippen LogP) is 9.60. The van der Waals surface area contributed by atoms with Gasteiger partial charge in [-0.2, -0.15) is 0 Å². The Morgan fingerprint density at radius 2 is 0.650 bits per heavy atom. The molecule has 0 unspecified atom stereocenters. The third-order valence-corrected chi connectivity index (χ3v) is 8.11. The van der Waals surface area contributed by atoms with Crippen molar-refractivity contribution >= 4 is 54.3 Å². The van der Waals surface area contributed by atoms with E-state index in [-0.39, 0.29) is 43.1 Å². The maximum absolute atomic E-state index is 2.46. The minimum absolute atomic E-state index is 0. The Bertz CT molecular complexity index is 1020. The summed E-state index contributed by atoms with van der Waals surface area (Å²) < 4.78 is 0. The number of aryl methyl sites for hydroxylation is 3. The second kappa shape index (κ2) is 17.7. The molecule has 0 spiro atoms. The van der Waals surface area contributed by atoms with Crippen molar-refractivity contribution in [1.82, 2.24) is 0 Å². The third kappa shape index (κ3) is 8.24. The quantitative estimate of drug-likeness (QED) is 0.190. The van der Waals surface area contributed by atoms with Crippen LogP contribution in [0.3, 0.4) is 0 Å². The first-order chi connectivity index (χ1) is 17.8. The first-order valence-corrected chi connectivity index (χ1v) is 14.4. The molecule has 0 saturated carbocycles. The third-order valence-electron chi connectivity index (χ3n) is 8.11. The van der Waals surface area contributed by atoms with Crippen molar-refractivity contribution in [2.24, 2.45) is 0 Å². The highest BCUT2D eigenvalue weighted by Crippen LogP contribution is 2.41. The predicted molar refractivity (Wildman–Crippen MR) is 187 cm³/mol. The number of halogens is 3. The Morgan fingerprint density at radius 1 is 0.425 bits per heavy atom. The maximum Gasteiger partial charge on any atom is 0.0369 e. The summed E-state index contributed by atoms with van der Waals surface area (Å²) in [4.78, 5) is 7.37. The van der Waals surface area contributed by atoms with Crippen LogP contribution >= 0.6 is 37.2 Å². The van der Waals surface area contributed by atoms with E-state index in [0.717, 1.165) is 39.3 Å². The van der Waals surface area contributed by atoms with E-state index >= 15 is 0 Å². The lowest BCUT2D eigenvalue weighted by atomic mass is 9.79. The Kier molecular flexibility index (Phi) is 16.8. The number of hydrogen-bond donors (Lipinski definition) is 0. The summed E-state index contributed by atoms with van der Waals surface area (Å²) in [5, 5.41) is 0. The van der Waals surface area contributed by atoms with Crippen molar-refractivity contribution in [3.8, 4) is 0 Å². The zero-order valence-electron chi connectivity index (χ0n) is 26.1. The van der Waals surface area contributed by atoms with Crippen molar-refractivity contribution < 1.29 is 0 Å². The fraction of sp³-hybridized carbons (Fsp3) is 0.471. The molecule has 0 amide bonds. The van der Waals surface area contributed by atoms with Gasteiger partial charge in [0.2, 0.25) is 0 Å². The van der Waals surface area contributed by atoms with Gasteiger partial charge in [-0.25, -0.2) is 0 Å². The van der Waals surface area contributed by atoms with E-state index < -0.39 is 0 Å². The van der Waals surface area contributed by atoms with Crippen LogP contribution in [0.4, 0.5) is 17.1 Å². The van der Waals surface area contributed by atoms with Crippen LogP contribution in [-0.4, -0.2) is 39.3 Å². The Labute approximate surface area is 263 Å². The zero-order chi connectivity index (χ0) is 27.1. The molecule has 0 aromatic heterocycles. The van der Waals surface area contributed by atoms with E-state index in [1.54, 1.807) is 0 Å². The van der Waals surface area contributed by atoms with Crippen LogP contribution < -0.4 is 14.7 Å². The molecule has 0 atom stereocenters. The molecule has 224 valence electrons. The van der Waals surface area contributed by atoms with Gasteiger partial charge < -0.3 is 14.7 Å². The van der Waals surface area contributed by atoms with Gasteiger partial charge in [-0.3, -0.25) is 0 Å². The lowest BCUT2D eigenvalue weighted by Gasteiger charge is -2.30. The van der Waals surface area contributed by atoms with Gasteiger partial charge in [0.1, 0.15) is 0 Å². The van der Waals surface area contributed by atoms with E-state index in [1.807, 2.05) is 0 Å². The first kappa shape index (κ1) is 37.9. The molecule has 3 rings (SSSR count). The topological polar surface area (TPSA) is 9.72 Å².